The first-order valence-corrected chi connectivity index (χ1v) is 6.21. The normalized spacial score (nSPS) is 16.4. The Bertz CT molecular complexity index is 480. The molecule has 0 aliphatic heterocycles. The predicted octanol–water partition coefficient (Wildman–Crippen LogP) is 2.65. The molecule has 0 saturated heterocycles. The molecule has 1 aliphatic carbocycles. The van der Waals surface area contributed by atoms with Crippen molar-refractivity contribution in [2.24, 2.45) is 5.41 Å². The topological polar surface area (TPSA) is 92.5 Å². The monoisotopic (exact) mass is 264 g/mol. The van der Waals surface area contributed by atoms with Gasteiger partial charge in [-0.2, -0.15) is 0 Å². The summed E-state index contributed by atoms with van der Waals surface area (Å²) < 4.78 is 0. The second kappa shape index (κ2) is 5.26. The van der Waals surface area contributed by atoms with Crippen molar-refractivity contribution in [3.05, 3.63) is 34.4 Å². The van der Waals surface area contributed by atoms with Crippen molar-refractivity contribution in [1.29, 1.82) is 0 Å². The van der Waals surface area contributed by atoms with Crippen LogP contribution in [0.25, 0.3) is 0 Å². The van der Waals surface area contributed by atoms with Crippen LogP contribution in [0, 0.1) is 15.5 Å². The second-order valence-electron chi connectivity index (χ2n) is 5.08. The van der Waals surface area contributed by atoms with Gasteiger partial charge in [0.1, 0.15) is 0 Å². The highest BCUT2D eigenvalue weighted by atomic mass is 16.6. The van der Waals surface area contributed by atoms with Gasteiger partial charge in [-0.05, 0) is 30.4 Å². The average Bonchev–Trinajstić information content (AvgIpc) is 2.32. The summed E-state index contributed by atoms with van der Waals surface area (Å²) in [6.45, 7) is 0.594. The molecule has 19 heavy (non-hydrogen) atoms. The summed E-state index contributed by atoms with van der Waals surface area (Å²) in [5.41, 5.74) is 0.671. The van der Waals surface area contributed by atoms with Crippen molar-refractivity contribution in [2.75, 3.05) is 11.9 Å². The Morgan fingerprint density at radius 2 is 2.00 bits per heavy atom. The van der Waals surface area contributed by atoms with E-state index in [0.29, 0.717) is 6.54 Å². The molecule has 1 aliphatic rings. The molecule has 2 N–H and O–H groups in total. The zero-order valence-electron chi connectivity index (χ0n) is 10.5. The highest BCUT2D eigenvalue weighted by molar-refractivity contribution is 5.68. The number of non-ortho nitro benzene ring substituents is 1. The molecule has 0 spiro atoms. The lowest BCUT2D eigenvalue weighted by molar-refractivity contribution is -0.384. The zero-order valence-corrected chi connectivity index (χ0v) is 10.5. The molecule has 0 radical (unpaired) electrons. The maximum Gasteiger partial charge on any atom is 0.303 e. The minimum Gasteiger partial charge on any atom is -0.481 e. The van der Waals surface area contributed by atoms with Gasteiger partial charge in [-0.15, -0.1) is 0 Å². The quantitative estimate of drug-likeness (QED) is 0.608. The molecule has 0 amide bonds. The number of carbonyl (C=O) groups is 1. The maximum absolute atomic E-state index is 10.8. The van der Waals surface area contributed by atoms with E-state index in [1.807, 2.05) is 0 Å². The van der Waals surface area contributed by atoms with Crippen LogP contribution in [-0.4, -0.2) is 22.5 Å². The molecule has 0 bridgehead atoms. The first-order valence-electron chi connectivity index (χ1n) is 6.21. The molecule has 0 aromatic heterocycles. The summed E-state index contributed by atoms with van der Waals surface area (Å²) in [5, 5.41) is 22.6. The largest absolute Gasteiger partial charge is 0.481 e. The van der Waals surface area contributed by atoms with E-state index >= 15 is 0 Å². The van der Waals surface area contributed by atoms with E-state index < -0.39 is 10.9 Å². The van der Waals surface area contributed by atoms with E-state index in [1.165, 1.54) is 12.1 Å². The number of nitrogens with zero attached hydrogens (tertiary/aromatic N) is 1. The van der Waals surface area contributed by atoms with Crippen LogP contribution in [0.3, 0.4) is 0 Å². The smallest absolute Gasteiger partial charge is 0.303 e. The van der Waals surface area contributed by atoms with Crippen molar-refractivity contribution in [1.82, 2.24) is 0 Å². The van der Waals surface area contributed by atoms with E-state index in [2.05, 4.69) is 5.32 Å². The molecule has 6 heteroatoms. The van der Waals surface area contributed by atoms with Crippen LogP contribution in [0.5, 0.6) is 0 Å². The molecule has 1 aromatic rings. The molecule has 1 saturated carbocycles. The molecule has 2 rings (SSSR count). The lowest BCUT2D eigenvalue weighted by atomic mass is 9.66. The molecule has 1 fully saturated rings. The van der Waals surface area contributed by atoms with Crippen molar-refractivity contribution >= 4 is 17.3 Å². The molecule has 102 valence electrons. The number of rotatable bonds is 6. The van der Waals surface area contributed by atoms with Gasteiger partial charge in [-0.3, -0.25) is 14.9 Å². The third-order valence-corrected chi connectivity index (χ3v) is 3.69. The van der Waals surface area contributed by atoms with Gasteiger partial charge in [0.2, 0.25) is 0 Å². The van der Waals surface area contributed by atoms with Crippen molar-refractivity contribution in [2.45, 2.75) is 25.7 Å². The average molecular weight is 264 g/mol. The standard InChI is InChI=1S/C13H16N2O4/c16-12(17)8-13(6-1-7-13)9-14-10-2-4-11(5-3-10)15(18)19/h2-5,14H,1,6-9H2,(H,16,17). The van der Waals surface area contributed by atoms with Gasteiger partial charge in [0, 0.05) is 24.4 Å². The number of nitro benzene ring substituents is 1. The van der Waals surface area contributed by atoms with Crippen molar-refractivity contribution in [3.8, 4) is 0 Å². The number of nitro groups is 1. The molecule has 6 nitrogen and oxygen atoms in total. The summed E-state index contributed by atoms with van der Waals surface area (Å²) in [4.78, 5) is 20.9. The van der Waals surface area contributed by atoms with Gasteiger partial charge in [0.25, 0.3) is 5.69 Å². The summed E-state index contributed by atoms with van der Waals surface area (Å²) >= 11 is 0. The summed E-state index contributed by atoms with van der Waals surface area (Å²) in [7, 11) is 0. The fourth-order valence-electron chi connectivity index (χ4n) is 2.40. The lowest BCUT2D eigenvalue weighted by Crippen LogP contribution is -2.38. The van der Waals surface area contributed by atoms with E-state index in [4.69, 9.17) is 5.11 Å². The van der Waals surface area contributed by atoms with E-state index in [0.717, 1.165) is 24.9 Å². The molecule has 0 unspecified atom stereocenters. The number of carboxylic acid groups (broad SMARTS) is 1. The number of carboxylic acids is 1. The Labute approximate surface area is 110 Å². The Morgan fingerprint density at radius 1 is 1.37 bits per heavy atom. The first-order chi connectivity index (χ1) is 9.01. The third kappa shape index (κ3) is 3.21. The van der Waals surface area contributed by atoms with Gasteiger partial charge < -0.3 is 10.4 Å². The summed E-state index contributed by atoms with van der Waals surface area (Å²) in [6.07, 6.45) is 3.07. The number of hydrogen-bond acceptors (Lipinski definition) is 4. The SMILES string of the molecule is O=C(O)CC1(CNc2ccc([N+](=O)[O-])cc2)CCC1. The van der Waals surface area contributed by atoms with Crippen molar-refractivity contribution < 1.29 is 14.8 Å². The van der Waals surface area contributed by atoms with E-state index in [9.17, 15) is 14.9 Å². The van der Waals surface area contributed by atoms with Crippen molar-refractivity contribution in [3.63, 3.8) is 0 Å². The third-order valence-electron chi connectivity index (χ3n) is 3.69. The van der Waals surface area contributed by atoms with E-state index in [-0.39, 0.29) is 17.5 Å². The highest BCUT2D eigenvalue weighted by Crippen LogP contribution is 2.44. The van der Waals surface area contributed by atoms with Crippen LogP contribution >= 0.6 is 0 Å². The lowest BCUT2D eigenvalue weighted by Gasteiger charge is -2.41. The van der Waals surface area contributed by atoms with E-state index in [1.54, 1.807) is 12.1 Å². The minimum atomic E-state index is -0.773. The van der Waals surface area contributed by atoms with Gasteiger partial charge in [0.15, 0.2) is 0 Å². The van der Waals surface area contributed by atoms with Crippen LogP contribution < -0.4 is 5.32 Å². The van der Waals surface area contributed by atoms with Gasteiger partial charge in [0.05, 0.1) is 11.3 Å². The first kappa shape index (κ1) is 13.3. The number of benzene rings is 1. The Balaban J connectivity index is 1.94. The fraction of sp³-hybridized carbons (Fsp3) is 0.462. The fourth-order valence-corrected chi connectivity index (χ4v) is 2.40. The molecule has 0 atom stereocenters. The molecule has 1 aromatic carbocycles. The van der Waals surface area contributed by atoms with Crippen LogP contribution in [0.1, 0.15) is 25.7 Å². The molecule has 0 heterocycles. The van der Waals surface area contributed by atoms with Crippen LogP contribution in [-0.2, 0) is 4.79 Å². The Morgan fingerprint density at radius 3 is 2.42 bits per heavy atom. The summed E-state index contributed by atoms with van der Waals surface area (Å²) in [6, 6.07) is 6.16. The zero-order chi connectivity index (χ0) is 13.9. The number of hydrogen-bond donors (Lipinski definition) is 2. The predicted molar refractivity (Wildman–Crippen MR) is 70.1 cm³/mol. The van der Waals surface area contributed by atoms with Crippen LogP contribution in [0.2, 0.25) is 0 Å². The maximum atomic E-state index is 10.8. The van der Waals surface area contributed by atoms with Gasteiger partial charge >= 0.3 is 5.97 Å². The second-order valence-corrected chi connectivity index (χ2v) is 5.08. The number of nitrogens with one attached hydrogen (secondary N) is 1. The van der Waals surface area contributed by atoms with Gasteiger partial charge in [-0.25, -0.2) is 0 Å². The summed E-state index contributed by atoms with van der Waals surface area (Å²) in [5.74, 6) is -0.773. The molecular weight excluding hydrogens is 248 g/mol. The number of aliphatic carboxylic acids is 1. The molecular formula is C13H16N2O4. The van der Waals surface area contributed by atoms with Gasteiger partial charge in [-0.1, -0.05) is 6.42 Å². The number of anilines is 1. The highest BCUT2D eigenvalue weighted by Gasteiger charge is 2.38. The Kier molecular flexibility index (Phi) is 3.69. The van der Waals surface area contributed by atoms with Crippen LogP contribution in [0.15, 0.2) is 24.3 Å². The van der Waals surface area contributed by atoms with Crippen LogP contribution in [0.4, 0.5) is 11.4 Å². The Hall–Kier alpha value is -2.11. The minimum absolute atomic E-state index is 0.0504.